The van der Waals surface area contributed by atoms with E-state index in [0.29, 0.717) is 17.8 Å². The molecule has 0 atom stereocenters. The van der Waals surface area contributed by atoms with Crippen LogP contribution in [0.2, 0.25) is 0 Å². The van der Waals surface area contributed by atoms with Gasteiger partial charge in [0.15, 0.2) is 5.65 Å². The van der Waals surface area contributed by atoms with E-state index < -0.39 is 5.60 Å². The molecule has 0 fully saturated rings. The van der Waals surface area contributed by atoms with Crippen molar-refractivity contribution in [3.8, 4) is 0 Å². The number of pyridine rings is 1. The fourth-order valence-corrected chi connectivity index (χ4v) is 2.11. The largest absolute Gasteiger partial charge is 0.389 e. The van der Waals surface area contributed by atoms with Crippen LogP contribution in [0.15, 0.2) is 12.3 Å². The number of fused-ring (bicyclic) bond motifs is 1. The van der Waals surface area contributed by atoms with Crippen molar-refractivity contribution in [2.75, 3.05) is 13.1 Å². The summed E-state index contributed by atoms with van der Waals surface area (Å²) in [4.78, 5) is 18.3. The predicted molar refractivity (Wildman–Crippen MR) is 76.5 cm³/mol. The maximum Gasteiger partial charge on any atom is 0.255 e. The molecule has 0 unspecified atom stereocenters. The van der Waals surface area contributed by atoms with Crippen molar-refractivity contribution in [2.24, 2.45) is 0 Å². The van der Waals surface area contributed by atoms with Crippen molar-refractivity contribution in [3.05, 3.63) is 23.5 Å². The summed E-state index contributed by atoms with van der Waals surface area (Å²) in [5, 5.41) is 17.6. The van der Waals surface area contributed by atoms with E-state index in [1.165, 1.54) is 6.20 Å². The smallest absolute Gasteiger partial charge is 0.255 e. The van der Waals surface area contributed by atoms with Gasteiger partial charge >= 0.3 is 0 Å². The van der Waals surface area contributed by atoms with Gasteiger partial charge in [-0.3, -0.25) is 9.89 Å². The number of nitrogens with one attached hydrogen (secondary N) is 1. The number of hydrogen-bond donors (Lipinski definition) is 2. The molecule has 0 radical (unpaired) electrons. The van der Waals surface area contributed by atoms with Crippen LogP contribution in [0.25, 0.3) is 11.0 Å². The average Bonchev–Trinajstić information content (AvgIpc) is 2.75. The molecular weight excluding hydrogens is 256 g/mol. The molecule has 2 N–H and O–H groups in total. The first kappa shape index (κ1) is 14.5. The van der Waals surface area contributed by atoms with E-state index in [1.54, 1.807) is 24.8 Å². The Labute approximate surface area is 117 Å². The van der Waals surface area contributed by atoms with E-state index in [0.717, 1.165) is 11.1 Å². The lowest BCUT2D eigenvalue weighted by atomic mass is 10.1. The molecule has 0 saturated carbocycles. The highest BCUT2D eigenvalue weighted by atomic mass is 16.3. The first-order valence-electron chi connectivity index (χ1n) is 6.64. The molecule has 0 bridgehead atoms. The van der Waals surface area contributed by atoms with Crippen LogP contribution in [0, 0.1) is 6.92 Å². The van der Waals surface area contributed by atoms with E-state index in [-0.39, 0.29) is 12.5 Å². The molecule has 2 aromatic heterocycles. The molecule has 0 saturated heterocycles. The Morgan fingerprint density at radius 2 is 2.20 bits per heavy atom. The fraction of sp³-hybridized carbons (Fsp3) is 0.500. The number of nitrogens with zero attached hydrogens (tertiary/aromatic N) is 3. The van der Waals surface area contributed by atoms with Crippen molar-refractivity contribution in [3.63, 3.8) is 0 Å². The van der Waals surface area contributed by atoms with Crippen molar-refractivity contribution in [1.29, 1.82) is 0 Å². The van der Waals surface area contributed by atoms with Crippen molar-refractivity contribution >= 4 is 16.9 Å². The molecule has 1 amide bonds. The quantitative estimate of drug-likeness (QED) is 0.886. The average molecular weight is 276 g/mol. The number of likely N-dealkylation sites (N-methyl/N-ethyl adjacent to an activating group) is 1. The number of aryl methyl sites for hydroxylation is 1. The highest BCUT2D eigenvalue weighted by Crippen LogP contribution is 2.16. The second kappa shape index (κ2) is 5.20. The second-order valence-corrected chi connectivity index (χ2v) is 5.58. The van der Waals surface area contributed by atoms with Crippen LogP contribution in [-0.4, -0.2) is 49.8 Å². The van der Waals surface area contributed by atoms with Gasteiger partial charge in [0.05, 0.1) is 11.2 Å². The van der Waals surface area contributed by atoms with Gasteiger partial charge in [0.1, 0.15) is 0 Å². The number of H-pyrrole nitrogens is 1. The zero-order valence-corrected chi connectivity index (χ0v) is 12.3. The molecule has 0 spiro atoms. The Morgan fingerprint density at radius 3 is 2.80 bits per heavy atom. The molecule has 0 aliphatic carbocycles. The highest BCUT2D eigenvalue weighted by Gasteiger charge is 2.23. The second-order valence-electron chi connectivity index (χ2n) is 5.58. The van der Waals surface area contributed by atoms with Crippen LogP contribution in [0.3, 0.4) is 0 Å². The third kappa shape index (κ3) is 2.96. The predicted octanol–water partition coefficient (Wildman–Crippen LogP) is 1.50. The summed E-state index contributed by atoms with van der Waals surface area (Å²) in [6, 6.07) is 1.79. The summed E-state index contributed by atoms with van der Waals surface area (Å²) < 4.78 is 0. The number of carbonyl (C=O) groups excluding carboxylic acids is 1. The van der Waals surface area contributed by atoms with Gasteiger partial charge < -0.3 is 10.0 Å². The van der Waals surface area contributed by atoms with Crippen LogP contribution in [0.1, 0.15) is 36.8 Å². The van der Waals surface area contributed by atoms with Gasteiger partial charge in [0.25, 0.3) is 5.91 Å². The standard InChI is InChI=1S/C14H20N4O2/c1-5-18(8-14(3,4)20)13(19)10-6-11-9(2)16-17-12(11)15-7-10/h6-7,20H,5,8H2,1-4H3,(H,15,16,17). The molecule has 20 heavy (non-hydrogen) atoms. The van der Waals surface area contributed by atoms with Gasteiger partial charge in [-0.2, -0.15) is 5.10 Å². The summed E-state index contributed by atoms with van der Waals surface area (Å²) in [7, 11) is 0. The zero-order chi connectivity index (χ0) is 14.9. The molecule has 0 aliphatic rings. The first-order valence-corrected chi connectivity index (χ1v) is 6.64. The van der Waals surface area contributed by atoms with Gasteiger partial charge in [-0.05, 0) is 33.8 Å². The number of aromatic amines is 1. The molecule has 2 rings (SSSR count). The normalized spacial score (nSPS) is 11.8. The molecule has 6 nitrogen and oxygen atoms in total. The minimum absolute atomic E-state index is 0.135. The first-order chi connectivity index (χ1) is 9.31. The van der Waals surface area contributed by atoms with Crippen LogP contribution >= 0.6 is 0 Å². The summed E-state index contributed by atoms with van der Waals surface area (Å²) >= 11 is 0. The molecule has 2 aromatic rings. The molecular formula is C14H20N4O2. The Balaban J connectivity index is 2.31. The third-order valence-electron chi connectivity index (χ3n) is 3.09. The van der Waals surface area contributed by atoms with E-state index in [2.05, 4.69) is 15.2 Å². The Hall–Kier alpha value is -1.95. The van der Waals surface area contributed by atoms with E-state index in [1.807, 2.05) is 13.8 Å². The van der Waals surface area contributed by atoms with Gasteiger partial charge in [-0.1, -0.05) is 0 Å². The Morgan fingerprint density at radius 1 is 1.50 bits per heavy atom. The maximum atomic E-state index is 12.5. The lowest BCUT2D eigenvalue weighted by Gasteiger charge is -2.28. The monoisotopic (exact) mass is 276 g/mol. The summed E-state index contributed by atoms with van der Waals surface area (Å²) in [6.45, 7) is 7.96. The maximum absolute atomic E-state index is 12.5. The van der Waals surface area contributed by atoms with E-state index in [9.17, 15) is 9.90 Å². The SMILES string of the molecule is CCN(CC(C)(C)O)C(=O)c1cnc2n[nH]c(C)c2c1. The van der Waals surface area contributed by atoms with Crippen molar-refractivity contribution in [1.82, 2.24) is 20.1 Å². The number of amides is 1. The number of rotatable bonds is 4. The molecule has 6 heteroatoms. The van der Waals surface area contributed by atoms with Gasteiger partial charge in [-0.25, -0.2) is 4.98 Å². The minimum atomic E-state index is -0.922. The van der Waals surface area contributed by atoms with E-state index >= 15 is 0 Å². The molecule has 0 aromatic carbocycles. The van der Waals surface area contributed by atoms with Crippen molar-refractivity contribution in [2.45, 2.75) is 33.3 Å². The Kier molecular flexibility index (Phi) is 3.76. The van der Waals surface area contributed by atoms with Gasteiger partial charge in [0, 0.05) is 30.4 Å². The van der Waals surface area contributed by atoms with Gasteiger partial charge in [-0.15, -0.1) is 0 Å². The summed E-state index contributed by atoms with van der Waals surface area (Å²) in [5.41, 5.74) is 1.07. The summed E-state index contributed by atoms with van der Waals surface area (Å²) in [5.74, 6) is -0.135. The van der Waals surface area contributed by atoms with Crippen LogP contribution in [0.5, 0.6) is 0 Å². The molecule has 0 aliphatic heterocycles. The Bertz CT molecular complexity index is 628. The van der Waals surface area contributed by atoms with Crippen LogP contribution in [-0.2, 0) is 0 Å². The van der Waals surface area contributed by atoms with Gasteiger partial charge in [0.2, 0.25) is 0 Å². The lowest BCUT2D eigenvalue weighted by molar-refractivity contribution is 0.0314. The molecule has 2 heterocycles. The number of aliphatic hydroxyl groups is 1. The van der Waals surface area contributed by atoms with Crippen LogP contribution < -0.4 is 0 Å². The van der Waals surface area contributed by atoms with Crippen LogP contribution in [0.4, 0.5) is 0 Å². The fourth-order valence-electron chi connectivity index (χ4n) is 2.11. The number of hydrogen-bond acceptors (Lipinski definition) is 4. The third-order valence-corrected chi connectivity index (χ3v) is 3.09. The topological polar surface area (TPSA) is 82.1 Å². The highest BCUT2D eigenvalue weighted by molar-refractivity contribution is 5.97. The van der Waals surface area contributed by atoms with Crippen molar-refractivity contribution < 1.29 is 9.90 Å². The number of carbonyl (C=O) groups is 1. The zero-order valence-electron chi connectivity index (χ0n) is 12.3. The minimum Gasteiger partial charge on any atom is -0.389 e. The lowest BCUT2D eigenvalue weighted by Crippen LogP contribution is -2.42. The van der Waals surface area contributed by atoms with E-state index in [4.69, 9.17) is 0 Å². The molecule has 108 valence electrons. The number of aromatic nitrogens is 3. The summed E-state index contributed by atoms with van der Waals surface area (Å²) in [6.07, 6.45) is 1.53.